The summed E-state index contributed by atoms with van der Waals surface area (Å²) in [6.45, 7) is 9.24. The fraction of sp³-hybridized carbons (Fsp3) is 0.500. The summed E-state index contributed by atoms with van der Waals surface area (Å²) in [7, 11) is 0. The molecule has 0 fully saturated rings. The maximum atomic E-state index is 11.5. The number of hydrogen-bond acceptors (Lipinski definition) is 3. The lowest BCUT2D eigenvalue weighted by atomic mass is 9.98. The molecule has 0 radical (unpaired) electrons. The summed E-state index contributed by atoms with van der Waals surface area (Å²) < 4.78 is 0. The van der Waals surface area contributed by atoms with Crippen LogP contribution < -0.4 is 0 Å². The van der Waals surface area contributed by atoms with Crippen LogP contribution in [0.4, 0.5) is 0 Å². The third kappa shape index (κ3) is 7.28. The van der Waals surface area contributed by atoms with Gasteiger partial charge >= 0.3 is 0 Å². The number of aryl methyl sites for hydroxylation is 1. The molecule has 2 aromatic carbocycles. The van der Waals surface area contributed by atoms with E-state index in [0.29, 0.717) is 11.6 Å². The minimum atomic E-state index is -0.578. The molecule has 0 aliphatic heterocycles. The molecule has 184 valence electrons. The maximum absolute atomic E-state index is 11.5. The van der Waals surface area contributed by atoms with Crippen LogP contribution in [-0.4, -0.2) is 34.6 Å². The molecule has 3 rings (SSSR count). The number of benzene rings is 2. The molecular formula is C30H41ClN2O. The molecule has 1 atom stereocenters. The standard InChI is InChI=1S/C30H41ClN2O/c1-4-6-8-13-19-33(20-14-9-7-5-2)22-29(34)26-21-28(24-15-11-10-12-16-24)32-30-23(3)27(31)18-17-25(26)30/h10-12,15-18,21,29,34H,4-9,13-14,19-20,22H2,1-3H3. The molecule has 1 N–H and O–H groups in total. The Kier molecular flexibility index (Phi) is 10.8. The fourth-order valence-electron chi connectivity index (χ4n) is 4.62. The summed E-state index contributed by atoms with van der Waals surface area (Å²) in [5, 5.41) is 13.2. The summed E-state index contributed by atoms with van der Waals surface area (Å²) in [4.78, 5) is 7.42. The lowest BCUT2D eigenvalue weighted by Gasteiger charge is -2.26. The Hall–Kier alpha value is -1.94. The highest BCUT2D eigenvalue weighted by Gasteiger charge is 2.19. The van der Waals surface area contributed by atoms with Crippen molar-refractivity contribution in [1.82, 2.24) is 9.88 Å². The Bertz CT molecular complexity index is 1010. The van der Waals surface area contributed by atoms with Gasteiger partial charge in [0.1, 0.15) is 0 Å². The Labute approximate surface area is 211 Å². The van der Waals surface area contributed by atoms with Crippen molar-refractivity contribution in [1.29, 1.82) is 0 Å². The predicted molar refractivity (Wildman–Crippen MR) is 147 cm³/mol. The molecule has 3 nitrogen and oxygen atoms in total. The molecule has 0 spiro atoms. The van der Waals surface area contributed by atoms with E-state index in [4.69, 9.17) is 16.6 Å². The second kappa shape index (κ2) is 13.8. The van der Waals surface area contributed by atoms with E-state index >= 15 is 0 Å². The average Bonchev–Trinajstić information content (AvgIpc) is 2.86. The first-order valence-corrected chi connectivity index (χ1v) is 13.5. The average molecular weight is 481 g/mol. The Morgan fingerprint density at radius 1 is 0.882 bits per heavy atom. The number of aliphatic hydroxyl groups is 1. The second-order valence-electron chi connectivity index (χ2n) is 9.47. The third-order valence-corrected chi connectivity index (χ3v) is 7.13. The summed E-state index contributed by atoms with van der Waals surface area (Å²) in [6.07, 6.45) is 9.36. The van der Waals surface area contributed by atoms with Gasteiger partial charge in [0.15, 0.2) is 0 Å². The van der Waals surface area contributed by atoms with Gasteiger partial charge in [0.05, 0.1) is 17.3 Å². The number of pyridine rings is 1. The van der Waals surface area contributed by atoms with Gasteiger partial charge < -0.3 is 10.0 Å². The Morgan fingerprint density at radius 2 is 1.53 bits per heavy atom. The van der Waals surface area contributed by atoms with E-state index in [1.165, 1.54) is 51.4 Å². The number of unbranched alkanes of at least 4 members (excludes halogenated alkanes) is 6. The summed E-state index contributed by atoms with van der Waals surface area (Å²) >= 11 is 6.46. The van der Waals surface area contributed by atoms with E-state index in [2.05, 4.69) is 36.9 Å². The molecule has 4 heteroatoms. The lowest BCUT2D eigenvalue weighted by Crippen LogP contribution is -2.31. The molecule has 0 bridgehead atoms. The van der Waals surface area contributed by atoms with Gasteiger partial charge in [-0.05, 0) is 56.1 Å². The molecule has 0 amide bonds. The fourth-order valence-corrected chi connectivity index (χ4v) is 4.78. The van der Waals surface area contributed by atoms with Gasteiger partial charge in [-0.2, -0.15) is 0 Å². The van der Waals surface area contributed by atoms with Crippen LogP contribution in [-0.2, 0) is 0 Å². The van der Waals surface area contributed by atoms with Crippen LogP contribution in [0, 0.1) is 6.92 Å². The number of aliphatic hydroxyl groups excluding tert-OH is 1. The van der Waals surface area contributed by atoms with Crippen LogP contribution in [0.15, 0.2) is 48.5 Å². The van der Waals surface area contributed by atoms with Gasteiger partial charge in [-0.1, -0.05) is 100 Å². The summed E-state index contributed by atoms with van der Waals surface area (Å²) in [6, 6.07) is 16.2. The highest BCUT2D eigenvalue weighted by atomic mass is 35.5. The van der Waals surface area contributed by atoms with Crippen molar-refractivity contribution < 1.29 is 5.11 Å². The zero-order valence-corrected chi connectivity index (χ0v) is 21.9. The van der Waals surface area contributed by atoms with Gasteiger partial charge in [-0.15, -0.1) is 0 Å². The minimum Gasteiger partial charge on any atom is -0.387 e. The van der Waals surface area contributed by atoms with Gasteiger partial charge in [-0.25, -0.2) is 4.98 Å². The van der Waals surface area contributed by atoms with E-state index < -0.39 is 6.10 Å². The first-order chi connectivity index (χ1) is 16.5. The smallest absolute Gasteiger partial charge is 0.0924 e. The molecular weight excluding hydrogens is 440 g/mol. The number of fused-ring (bicyclic) bond motifs is 1. The zero-order chi connectivity index (χ0) is 24.3. The lowest BCUT2D eigenvalue weighted by molar-refractivity contribution is 0.111. The predicted octanol–water partition coefficient (Wildman–Crippen LogP) is 8.36. The van der Waals surface area contributed by atoms with Gasteiger partial charge in [0.2, 0.25) is 0 Å². The topological polar surface area (TPSA) is 36.4 Å². The number of rotatable bonds is 14. The van der Waals surface area contributed by atoms with Crippen LogP contribution >= 0.6 is 11.6 Å². The molecule has 0 saturated carbocycles. The van der Waals surface area contributed by atoms with E-state index in [0.717, 1.165) is 46.4 Å². The molecule has 3 aromatic rings. The van der Waals surface area contributed by atoms with Crippen LogP contribution in [0.3, 0.4) is 0 Å². The van der Waals surface area contributed by atoms with E-state index in [9.17, 15) is 5.11 Å². The van der Waals surface area contributed by atoms with Crippen LogP contribution in [0.2, 0.25) is 5.02 Å². The minimum absolute atomic E-state index is 0.578. The van der Waals surface area contributed by atoms with Gasteiger partial charge in [0, 0.05) is 22.5 Å². The second-order valence-corrected chi connectivity index (χ2v) is 9.88. The number of nitrogens with zero attached hydrogens (tertiary/aromatic N) is 2. The van der Waals surface area contributed by atoms with Crippen LogP contribution in [0.1, 0.15) is 82.4 Å². The van der Waals surface area contributed by atoms with Crippen LogP contribution in [0.25, 0.3) is 22.2 Å². The monoisotopic (exact) mass is 480 g/mol. The zero-order valence-electron chi connectivity index (χ0n) is 21.2. The van der Waals surface area contributed by atoms with Gasteiger partial charge in [0.25, 0.3) is 0 Å². The first-order valence-electron chi connectivity index (χ1n) is 13.1. The maximum Gasteiger partial charge on any atom is 0.0924 e. The number of aromatic nitrogens is 1. The Balaban J connectivity index is 1.90. The van der Waals surface area contributed by atoms with Crippen molar-refractivity contribution in [2.24, 2.45) is 0 Å². The van der Waals surface area contributed by atoms with E-state index in [1.54, 1.807) is 0 Å². The molecule has 0 aliphatic carbocycles. The summed E-state index contributed by atoms with van der Waals surface area (Å²) in [5.41, 5.74) is 4.70. The van der Waals surface area contributed by atoms with E-state index in [-0.39, 0.29) is 0 Å². The molecule has 34 heavy (non-hydrogen) atoms. The van der Waals surface area contributed by atoms with E-state index in [1.807, 2.05) is 37.3 Å². The molecule has 1 aromatic heterocycles. The summed E-state index contributed by atoms with van der Waals surface area (Å²) in [5.74, 6) is 0. The van der Waals surface area contributed by atoms with Crippen molar-refractivity contribution in [2.75, 3.05) is 19.6 Å². The normalized spacial score (nSPS) is 12.5. The first kappa shape index (κ1) is 26.7. The number of hydrogen-bond donors (Lipinski definition) is 1. The number of halogens is 1. The quantitative estimate of drug-likeness (QED) is 0.235. The molecule has 0 aliphatic rings. The van der Waals surface area contributed by atoms with Gasteiger partial charge in [-0.3, -0.25) is 0 Å². The largest absolute Gasteiger partial charge is 0.387 e. The van der Waals surface area contributed by atoms with Crippen LogP contribution in [0.5, 0.6) is 0 Å². The Morgan fingerprint density at radius 3 is 2.15 bits per heavy atom. The van der Waals surface area contributed by atoms with Crippen molar-refractivity contribution in [3.05, 3.63) is 64.7 Å². The molecule has 0 saturated heterocycles. The van der Waals surface area contributed by atoms with Crippen molar-refractivity contribution in [3.63, 3.8) is 0 Å². The third-order valence-electron chi connectivity index (χ3n) is 6.72. The van der Waals surface area contributed by atoms with Crippen molar-refractivity contribution in [3.8, 4) is 11.3 Å². The SMILES string of the molecule is CCCCCCN(CCCCCC)CC(O)c1cc(-c2ccccc2)nc2c(C)c(Cl)ccc12. The molecule has 1 heterocycles. The molecule has 1 unspecified atom stereocenters. The van der Waals surface area contributed by atoms with Crippen molar-refractivity contribution >= 4 is 22.5 Å². The highest BCUT2D eigenvalue weighted by molar-refractivity contribution is 6.32. The highest BCUT2D eigenvalue weighted by Crippen LogP contribution is 2.33. The van der Waals surface area contributed by atoms with Crippen molar-refractivity contribution in [2.45, 2.75) is 78.2 Å².